The van der Waals surface area contributed by atoms with Crippen LogP contribution in [-0.4, -0.2) is 40.9 Å². The Labute approximate surface area is 124 Å². The topological polar surface area (TPSA) is 43.7 Å². The number of rotatable bonds is 3. The number of hydrogen-bond acceptors (Lipinski definition) is 4. The molecule has 4 heteroatoms. The Kier molecular flexibility index (Phi) is 4.42. The van der Waals surface area contributed by atoms with E-state index in [1.165, 1.54) is 11.3 Å². The SMILES string of the molecule is OCCC#Cc1ccsc1CN1CC2CCC(O)C2C1. The van der Waals surface area contributed by atoms with E-state index in [9.17, 15) is 5.11 Å². The maximum absolute atomic E-state index is 9.97. The average molecular weight is 291 g/mol. The van der Waals surface area contributed by atoms with Gasteiger partial charge in [-0.2, -0.15) is 0 Å². The number of nitrogens with zero attached hydrogens (tertiary/aromatic N) is 1. The van der Waals surface area contributed by atoms with Crippen LogP contribution in [0.4, 0.5) is 0 Å². The summed E-state index contributed by atoms with van der Waals surface area (Å²) in [5.41, 5.74) is 1.10. The summed E-state index contributed by atoms with van der Waals surface area (Å²) in [5.74, 6) is 7.32. The predicted octanol–water partition coefficient (Wildman–Crippen LogP) is 1.68. The fourth-order valence-electron chi connectivity index (χ4n) is 3.45. The van der Waals surface area contributed by atoms with Crippen LogP contribution >= 0.6 is 11.3 Å². The highest BCUT2D eigenvalue weighted by molar-refractivity contribution is 7.10. The largest absolute Gasteiger partial charge is 0.395 e. The van der Waals surface area contributed by atoms with Crippen molar-refractivity contribution in [3.63, 3.8) is 0 Å². The molecule has 0 amide bonds. The van der Waals surface area contributed by atoms with Gasteiger partial charge in [-0.25, -0.2) is 0 Å². The minimum Gasteiger partial charge on any atom is -0.395 e. The van der Waals surface area contributed by atoms with E-state index in [0.29, 0.717) is 18.3 Å². The lowest BCUT2D eigenvalue weighted by molar-refractivity contribution is 0.123. The van der Waals surface area contributed by atoms with Crippen LogP contribution in [-0.2, 0) is 6.54 Å². The molecule has 1 aliphatic heterocycles. The van der Waals surface area contributed by atoms with E-state index in [4.69, 9.17) is 5.11 Å². The first kappa shape index (κ1) is 14.1. The van der Waals surface area contributed by atoms with Crippen LogP contribution in [0.3, 0.4) is 0 Å². The minimum absolute atomic E-state index is 0.0860. The van der Waals surface area contributed by atoms with Crippen molar-refractivity contribution >= 4 is 11.3 Å². The molecule has 20 heavy (non-hydrogen) atoms. The van der Waals surface area contributed by atoms with Gasteiger partial charge in [0.25, 0.3) is 0 Å². The lowest BCUT2D eigenvalue weighted by Crippen LogP contribution is -2.24. The van der Waals surface area contributed by atoms with Crippen LogP contribution < -0.4 is 0 Å². The van der Waals surface area contributed by atoms with Crippen LogP contribution in [0.5, 0.6) is 0 Å². The summed E-state index contributed by atoms with van der Waals surface area (Å²) in [6, 6.07) is 2.07. The van der Waals surface area contributed by atoms with Gasteiger partial charge in [-0.3, -0.25) is 4.90 Å². The lowest BCUT2D eigenvalue weighted by atomic mass is 10.00. The van der Waals surface area contributed by atoms with Crippen molar-refractivity contribution in [2.75, 3.05) is 19.7 Å². The lowest BCUT2D eigenvalue weighted by Gasteiger charge is -2.17. The zero-order chi connectivity index (χ0) is 13.9. The van der Waals surface area contributed by atoms with Gasteiger partial charge in [0.2, 0.25) is 0 Å². The molecule has 1 aromatic heterocycles. The summed E-state index contributed by atoms with van der Waals surface area (Å²) < 4.78 is 0. The summed E-state index contributed by atoms with van der Waals surface area (Å²) in [5, 5.41) is 20.8. The highest BCUT2D eigenvalue weighted by Gasteiger charge is 2.41. The van der Waals surface area contributed by atoms with Crippen molar-refractivity contribution in [2.45, 2.75) is 31.9 Å². The van der Waals surface area contributed by atoms with Gasteiger partial charge in [0.15, 0.2) is 0 Å². The molecular weight excluding hydrogens is 270 g/mol. The molecule has 0 bridgehead atoms. The van der Waals surface area contributed by atoms with Gasteiger partial charge in [0.05, 0.1) is 12.7 Å². The van der Waals surface area contributed by atoms with E-state index in [1.807, 2.05) is 0 Å². The van der Waals surface area contributed by atoms with E-state index in [-0.39, 0.29) is 12.7 Å². The molecule has 2 aliphatic rings. The predicted molar refractivity (Wildman–Crippen MR) is 80.4 cm³/mol. The minimum atomic E-state index is -0.0860. The quantitative estimate of drug-likeness (QED) is 0.833. The number of fused-ring (bicyclic) bond motifs is 1. The smallest absolute Gasteiger partial charge is 0.0583 e. The molecule has 108 valence electrons. The average Bonchev–Trinajstić information content (AvgIpc) is 3.11. The molecule has 3 unspecified atom stereocenters. The number of likely N-dealkylation sites (tertiary alicyclic amines) is 1. The third-order valence-electron chi connectivity index (χ3n) is 4.47. The Morgan fingerprint density at radius 2 is 2.25 bits per heavy atom. The number of aliphatic hydroxyl groups excluding tert-OH is 2. The Balaban J connectivity index is 1.62. The zero-order valence-electron chi connectivity index (χ0n) is 11.6. The number of thiophene rings is 1. The third-order valence-corrected chi connectivity index (χ3v) is 5.37. The normalized spacial score (nSPS) is 29.2. The molecule has 2 N–H and O–H groups in total. The fraction of sp³-hybridized carbons (Fsp3) is 0.625. The van der Waals surface area contributed by atoms with Gasteiger partial charge in [-0.1, -0.05) is 11.8 Å². The van der Waals surface area contributed by atoms with E-state index < -0.39 is 0 Å². The Morgan fingerprint density at radius 3 is 3.05 bits per heavy atom. The molecule has 1 saturated heterocycles. The molecule has 3 atom stereocenters. The van der Waals surface area contributed by atoms with E-state index in [0.717, 1.165) is 31.6 Å². The van der Waals surface area contributed by atoms with Gasteiger partial charge >= 0.3 is 0 Å². The zero-order valence-corrected chi connectivity index (χ0v) is 12.4. The maximum Gasteiger partial charge on any atom is 0.0583 e. The summed E-state index contributed by atoms with van der Waals surface area (Å²) in [4.78, 5) is 3.77. The van der Waals surface area contributed by atoms with Gasteiger partial charge in [0.1, 0.15) is 0 Å². The molecule has 1 aliphatic carbocycles. The van der Waals surface area contributed by atoms with Gasteiger partial charge in [-0.15, -0.1) is 11.3 Å². The first-order valence-corrected chi connectivity index (χ1v) is 8.22. The molecule has 0 radical (unpaired) electrons. The van der Waals surface area contributed by atoms with Crippen molar-refractivity contribution < 1.29 is 10.2 Å². The second-order valence-electron chi connectivity index (χ2n) is 5.80. The van der Waals surface area contributed by atoms with Crippen LogP contribution in [0.1, 0.15) is 29.7 Å². The maximum atomic E-state index is 9.97. The Morgan fingerprint density at radius 1 is 1.35 bits per heavy atom. The molecule has 0 spiro atoms. The molecule has 3 rings (SSSR count). The third kappa shape index (κ3) is 2.91. The molecule has 1 aromatic rings. The van der Waals surface area contributed by atoms with Crippen molar-refractivity contribution in [1.29, 1.82) is 0 Å². The summed E-state index contributed by atoms with van der Waals surface area (Å²) in [7, 11) is 0. The highest BCUT2D eigenvalue weighted by atomic mass is 32.1. The van der Waals surface area contributed by atoms with Crippen LogP contribution in [0.15, 0.2) is 11.4 Å². The standard InChI is InChI=1S/C16H21NO2S/c18-7-2-1-3-12-6-8-20-16(12)11-17-9-13-4-5-15(19)14(13)10-17/h6,8,13-15,18-19H,2,4-5,7,9-11H2. The molecule has 2 fully saturated rings. The van der Waals surface area contributed by atoms with E-state index in [1.54, 1.807) is 11.3 Å². The van der Waals surface area contributed by atoms with E-state index >= 15 is 0 Å². The highest BCUT2D eigenvalue weighted by Crippen LogP contribution is 2.38. The number of hydrogen-bond donors (Lipinski definition) is 2. The molecule has 3 nitrogen and oxygen atoms in total. The second-order valence-corrected chi connectivity index (χ2v) is 6.80. The second kappa shape index (κ2) is 6.28. The Hall–Kier alpha value is -0.860. The van der Waals surface area contributed by atoms with Gasteiger partial charge in [0, 0.05) is 42.4 Å². The molecule has 0 aromatic carbocycles. The Bertz CT molecular complexity index is 516. The van der Waals surface area contributed by atoms with Crippen molar-refractivity contribution in [1.82, 2.24) is 4.90 Å². The summed E-state index contributed by atoms with van der Waals surface area (Å²) in [6.07, 6.45) is 2.61. The van der Waals surface area contributed by atoms with Crippen molar-refractivity contribution in [2.24, 2.45) is 11.8 Å². The van der Waals surface area contributed by atoms with Gasteiger partial charge < -0.3 is 10.2 Å². The van der Waals surface area contributed by atoms with E-state index in [2.05, 4.69) is 28.2 Å². The monoisotopic (exact) mass is 291 g/mol. The van der Waals surface area contributed by atoms with Crippen molar-refractivity contribution in [3.8, 4) is 11.8 Å². The fourth-order valence-corrected chi connectivity index (χ4v) is 4.32. The molecular formula is C16H21NO2S. The first-order valence-electron chi connectivity index (χ1n) is 7.34. The molecule has 2 heterocycles. The van der Waals surface area contributed by atoms with Crippen LogP contribution in [0.2, 0.25) is 0 Å². The van der Waals surface area contributed by atoms with Crippen LogP contribution in [0, 0.1) is 23.7 Å². The summed E-state index contributed by atoms with van der Waals surface area (Å²) in [6.45, 7) is 3.21. The van der Waals surface area contributed by atoms with Gasteiger partial charge in [-0.05, 0) is 30.2 Å². The first-order chi connectivity index (χ1) is 9.78. The van der Waals surface area contributed by atoms with Crippen LogP contribution in [0.25, 0.3) is 0 Å². The number of aliphatic hydroxyl groups is 2. The molecule has 1 saturated carbocycles. The van der Waals surface area contributed by atoms with Crippen molar-refractivity contribution in [3.05, 3.63) is 21.9 Å². The summed E-state index contributed by atoms with van der Waals surface area (Å²) >= 11 is 1.75.